The number of nitrogens with one attached hydrogen (secondary N) is 1. The monoisotopic (exact) mass is 323 g/mol. The van der Waals surface area contributed by atoms with Gasteiger partial charge in [0.15, 0.2) is 0 Å². The molecule has 1 heterocycles. The Morgan fingerprint density at radius 1 is 1.30 bits per heavy atom. The van der Waals surface area contributed by atoms with E-state index in [0.717, 1.165) is 0 Å². The van der Waals surface area contributed by atoms with Crippen molar-refractivity contribution in [3.63, 3.8) is 0 Å². The lowest BCUT2D eigenvalue weighted by Crippen LogP contribution is -2.41. The second kappa shape index (κ2) is 6.13. The number of amides is 1. The fourth-order valence-electron chi connectivity index (χ4n) is 2.42. The van der Waals surface area contributed by atoms with Crippen LogP contribution in [0.4, 0.5) is 9.18 Å². The molecule has 1 unspecified atom stereocenters. The predicted molar refractivity (Wildman–Crippen MR) is 86.6 cm³/mol. The van der Waals surface area contributed by atoms with Gasteiger partial charge in [0.05, 0.1) is 11.2 Å². The van der Waals surface area contributed by atoms with Crippen LogP contribution >= 0.6 is 0 Å². The average molecular weight is 323 g/mol. The summed E-state index contributed by atoms with van der Waals surface area (Å²) in [7, 11) is -0.615. The standard InChI is InChI=1S/C16H23BFNO4/c1-10(9-19-14(20)21)12-7-6-11(8-13(12)18)17-22-15(2,3)16(4,5)23-17/h6-8,10,19H,9H2,1-5H3,(H,20,21). The van der Waals surface area contributed by atoms with E-state index in [4.69, 9.17) is 14.4 Å². The predicted octanol–water partition coefficient (Wildman–Crippen LogP) is 2.50. The number of benzene rings is 1. The van der Waals surface area contributed by atoms with Gasteiger partial charge in [-0.2, -0.15) is 0 Å². The zero-order valence-electron chi connectivity index (χ0n) is 14.1. The van der Waals surface area contributed by atoms with E-state index in [2.05, 4.69) is 5.32 Å². The van der Waals surface area contributed by atoms with E-state index in [-0.39, 0.29) is 12.5 Å². The third-order valence-electron chi connectivity index (χ3n) is 4.64. The summed E-state index contributed by atoms with van der Waals surface area (Å²) in [4.78, 5) is 10.5. The molecule has 7 heteroatoms. The van der Waals surface area contributed by atoms with E-state index < -0.39 is 30.2 Å². The van der Waals surface area contributed by atoms with Crippen LogP contribution in [0.5, 0.6) is 0 Å². The molecule has 0 saturated carbocycles. The van der Waals surface area contributed by atoms with Crippen molar-refractivity contribution in [3.05, 3.63) is 29.6 Å². The van der Waals surface area contributed by atoms with Crippen molar-refractivity contribution in [2.24, 2.45) is 0 Å². The molecule has 5 nitrogen and oxygen atoms in total. The Balaban J connectivity index is 2.16. The van der Waals surface area contributed by atoms with Crippen molar-refractivity contribution >= 4 is 18.7 Å². The van der Waals surface area contributed by atoms with E-state index >= 15 is 0 Å². The molecule has 2 rings (SSSR count). The molecule has 0 aromatic heterocycles. The maximum Gasteiger partial charge on any atom is 0.494 e. The molecule has 1 aromatic rings. The van der Waals surface area contributed by atoms with E-state index in [1.807, 2.05) is 27.7 Å². The number of carboxylic acid groups (broad SMARTS) is 1. The molecule has 1 aliphatic heterocycles. The molecule has 126 valence electrons. The summed E-state index contributed by atoms with van der Waals surface area (Å²) in [6, 6.07) is 4.82. The van der Waals surface area contributed by atoms with Gasteiger partial charge in [-0.05, 0) is 44.8 Å². The van der Waals surface area contributed by atoms with Crippen LogP contribution in [0, 0.1) is 5.82 Å². The average Bonchev–Trinajstić information content (AvgIpc) is 2.64. The smallest absolute Gasteiger partial charge is 0.465 e. The Morgan fingerprint density at radius 2 is 1.87 bits per heavy atom. The summed E-state index contributed by atoms with van der Waals surface area (Å²) in [5.41, 5.74) is 0.110. The Kier molecular flexibility index (Phi) is 4.73. The van der Waals surface area contributed by atoms with Gasteiger partial charge in [0, 0.05) is 12.5 Å². The van der Waals surface area contributed by atoms with Crippen molar-refractivity contribution in [2.45, 2.75) is 51.7 Å². The fourth-order valence-corrected chi connectivity index (χ4v) is 2.42. The van der Waals surface area contributed by atoms with Gasteiger partial charge < -0.3 is 19.7 Å². The highest BCUT2D eigenvalue weighted by molar-refractivity contribution is 6.62. The lowest BCUT2D eigenvalue weighted by Gasteiger charge is -2.32. The normalized spacial score (nSPS) is 20.3. The lowest BCUT2D eigenvalue weighted by atomic mass is 9.78. The second-order valence-corrected chi connectivity index (χ2v) is 6.96. The van der Waals surface area contributed by atoms with Crippen molar-refractivity contribution in [1.29, 1.82) is 0 Å². The van der Waals surface area contributed by atoms with Crippen molar-refractivity contribution in [3.8, 4) is 0 Å². The highest BCUT2D eigenvalue weighted by Gasteiger charge is 2.51. The minimum atomic E-state index is -1.12. The summed E-state index contributed by atoms with van der Waals surface area (Å²) in [6.07, 6.45) is -1.12. The lowest BCUT2D eigenvalue weighted by molar-refractivity contribution is 0.00578. The van der Waals surface area contributed by atoms with Crippen LogP contribution in [0.25, 0.3) is 0 Å². The molecule has 0 radical (unpaired) electrons. The van der Waals surface area contributed by atoms with Gasteiger partial charge >= 0.3 is 13.2 Å². The molecule has 23 heavy (non-hydrogen) atoms. The zero-order chi connectivity index (χ0) is 17.4. The Labute approximate surface area is 136 Å². The van der Waals surface area contributed by atoms with Crippen LogP contribution in [-0.2, 0) is 9.31 Å². The van der Waals surface area contributed by atoms with Crippen molar-refractivity contribution in [1.82, 2.24) is 5.32 Å². The molecule has 1 fully saturated rings. The maximum atomic E-state index is 14.4. The third kappa shape index (κ3) is 3.67. The fraction of sp³-hybridized carbons (Fsp3) is 0.562. The van der Waals surface area contributed by atoms with Gasteiger partial charge in [0.2, 0.25) is 0 Å². The van der Waals surface area contributed by atoms with Crippen LogP contribution < -0.4 is 10.8 Å². The molecular formula is C16H23BFNO4. The number of hydrogen-bond donors (Lipinski definition) is 2. The van der Waals surface area contributed by atoms with Crippen molar-refractivity contribution < 1.29 is 23.6 Å². The highest BCUT2D eigenvalue weighted by atomic mass is 19.1. The van der Waals surface area contributed by atoms with E-state index in [1.54, 1.807) is 19.1 Å². The largest absolute Gasteiger partial charge is 0.494 e. The molecule has 0 aliphatic carbocycles. The van der Waals surface area contributed by atoms with Gasteiger partial charge in [-0.25, -0.2) is 9.18 Å². The van der Waals surface area contributed by atoms with Crippen LogP contribution in [0.1, 0.15) is 46.1 Å². The van der Waals surface area contributed by atoms with E-state index in [1.165, 1.54) is 6.07 Å². The molecule has 1 aromatic carbocycles. The number of hydrogen-bond acceptors (Lipinski definition) is 3. The van der Waals surface area contributed by atoms with Crippen LogP contribution in [-0.4, -0.2) is 36.1 Å². The van der Waals surface area contributed by atoms with Crippen LogP contribution in [0.2, 0.25) is 0 Å². The Hall–Kier alpha value is -1.60. The molecule has 0 bridgehead atoms. The van der Waals surface area contributed by atoms with Gasteiger partial charge in [0.25, 0.3) is 0 Å². The van der Waals surface area contributed by atoms with Crippen molar-refractivity contribution in [2.75, 3.05) is 6.54 Å². The van der Waals surface area contributed by atoms with Gasteiger partial charge in [0.1, 0.15) is 5.82 Å². The quantitative estimate of drug-likeness (QED) is 0.836. The second-order valence-electron chi connectivity index (χ2n) is 6.96. The van der Waals surface area contributed by atoms with Gasteiger partial charge in [-0.15, -0.1) is 0 Å². The number of carbonyl (C=O) groups is 1. The molecule has 0 spiro atoms. The first-order chi connectivity index (χ1) is 10.5. The molecule has 1 atom stereocenters. The molecule has 1 amide bonds. The third-order valence-corrected chi connectivity index (χ3v) is 4.64. The van der Waals surface area contributed by atoms with E-state index in [0.29, 0.717) is 11.0 Å². The summed E-state index contributed by atoms with van der Waals surface area (Å²) in [6.45, 7) is 9.69. The van der Waals surface area contributed by atoms with Crippen LogP contribution in [0.3, 0.4) is 0 Å². The number of rotatable bonds is 4. The number of halogens is 1. The van der Waals surface area contributed by atoms with Gasteiger partial charge in [-0.3, -0.25) is 0 Å². The minimum absolute atomic E-state index is 0.155. The minimum Gasteiger partial charge on any atom is -0.465 e. The first-order valence-corrected chi connectivity index (χ1v) is 7.65. The van der Waals surface area contributed by atoms with Gasteiger partial charge in [-0.1, -0.05) is 19.1 Å². The molecule has 2 N–H and O–H groups in total. The Bertz CT molecular complexity index is 590. The summed E-state index contributed by atoms with van der Waals surface area (Å²) in [5, 5.41) is 10.9. The molecule has 1 saturated heterocycles. The van der Waals surface area contributed by atoms with Crippen LogP contribution in [0.15, 0.2) is 18.2 Å². The summed E-state index contributed by atoms with van der Waals surface area (Å²) >= 11 is 0. The Morgan fingerprint density at radius 3 is 2.35 bits per heavy atom. The topological polar surface area (TPSA) is 67.8 Å². The molecular weight excluding hydrogens is 300 g/mol. The summed E-state index contributed by atoms with van der Waals surface area (Å²) < 4.78 is 26.2. The zero-order valence-corrected chi connectivity index (χ0v) is 14.1. The van der Waals surface area contributed by atoms with E-state index in [9.17, 15) is 9.18 Å². The molecule has 1 aliphatic rings. The highest BCUT2D eigenvalue weighted by Crippen LogP contribution is 2.36. The maximum absolute atomic E-state index is 14.4. The first kappa shape index (κ1) is 17.8. The SMILES string of the molecule is CC(CNC(=O)O)c1ccc(B2OC(C)(C)C(C)(C)O2)cc1F. The summed E-state index contributed by atoms with van der Waals surface area (Å²) in [5.74, 6) is -0.657. The first-order valence-electron chi connectivity index (χ1n) is 7.65.